The van der Waals surface area contributed by atoms with Crippen LogP contribution in [0.1, 0.15) is 36.6 Å². The third kappa shape index (κ3) is 3.58. The molecule has 0 N–H and O–H groups in total. The number of aromatic nitrogens is 1. The molecule has 3 aromatic carbocycles. The van der Waals surface area contributed by atoms with Crippen molar-refractivity contribution in [1.82, 2.24) is 4.57 Å². The van der Waals surface area contributed by atoms with Crippen LogP contribution in [-0.2, 0) is 6.54 Å². The summed E-state index contributed by atoms with van der Waals surface area (Å²) in [5, 5.41) is 11.1. The standard InChI is InChI=1S/C26H22N2O/c1-18(2)25-15-21-7-3-6-10-24(21)26(29)28(25)17-19-11-13-20(14-12-19)23-9-5-4-8-22(23)16-27/h3-15,18H,17H2,1-2H3. The van der Waals surface area contributed by atoms with Gasteiger partial charge in [-0.3, -0.25) is 4.79 Å². The van der Waals surface area contributed by atoms with Crippen molar-refractivity contribution in [3.8, 4) is 17.2 Å². The van der Waals surface area contributed by atoms with E-state index in [1.54, 1.807) is 0 Å². The zero-order valence-corrected chi connectivity index (χ0v) is 16.6. The van der Waals surface area contributed by atoms with Gasteiger partial charge in [0.05, 0.1) is 18.2 Å². The van der Waals surface area contributed by atoms with Crippen molar-refractivity contribution in [2.75, 3.05) is 0 Å². The van der Waals surface area contributed by atoms with E-state index < -0.39 is 0 Å². The van der Waals surface area contributed by atoms with E-state index in [0.717, 1.165) is 33.2 Å². The van der Waals surface area contributed by atoms with Gasteiger partial charge in [0.2, 0.25) is 0 Å². The predicted octanol–water partition coefficient (Wildman–Crippen LogP) is 5.71. The van der Waals surface area contributed by atoms with Gasteiger partial charge >= 0.3 is 0 Å². The van der Waals surface area contributed by atoms with Crippen LogP contribution in [0.3, 0.4) is 0 Å². The number of nitriles is 1. The average Bonchev–Trinajstić information content (AvgIpc) is 2.76. The molecule has 29 heavy (non-hydrogen) atoms. The molecule has 0 fully saturated rings. The molecule has 0 unspecified atom stereocenters. The lowest BCUT2D eigenvalue weighted by molar-refractivity contribution is 0.665. The van der Waals surface area contributed by atoms with E-state index in [4.69, 9.17) is 0 Å². The maximum atomic E-state index is 13.2. The molecular weight excluding hydrogens is 356 g/mol. The molecule has 4 aromatic rings. The molecule has 0 spiro atoms. The number of pyridine rings is 1. The molecule has 3 heteroatoms. The van der Waals surface area contributed by atoms with Gasteiger partial charge in [0.25, 0.3) is 5.56 Å². The second-order valence-corrected chi connectivity index (χ2v) is 7.56. The van der Waals surface area contributed by atoms with Crippen molar-refractivity contribution < 1.29 is 0 Å². The van der Waals surface area contributed by atoms with Crippen LogP contribution in [0.4, 0.5) is 0 Å². The Hall–Kier alpha value is -3.64. The fourth-order valence-corrected chi connectivity index (χ4v) is 3.76. The van der Waals surface area contributed by atoms with Gasteiger partial charge in [-0.25, -0.2) is 0 Å². The van der Waals surface area contributed by atoms with Gasteiger partial charge in [-0.1, -0.05) is 74.5 Å². The summed E-state index contributed by atoms with van der Waals surface area (Å²) in [7, 11) is 0. The summed E-state index contributed by atoms with van der Waals surface area (Å²) in [6, 6.07) is 27.8. The molecular formula is C26H22N2O. The fraction of sp³-hybridized carbons (Fsp3) is 0.154. The third-order valence-electron chi connectivity index (χ3n) is 5.30. The monoisotopic (exact) mass is 378 g/mol. The van der Waals surface area contributed by atoms with Gasteiger partial charge in [-0.2, -0.15) is 5.26 Å². The molecule has 1 heterocycles. The van der Waals surface area contributed by atoms with Crippen LogP contribution in [0, 0.1) is 11.3 Å². The summed E-state index contributed by atoms with van der Waals surface area (Å²) in [5.74, 6) is 0.245. The van der Waals surface area contributed by atoms with E-state index in [1.165, 1.54) is 0 Å². The van der Waals surface area contributed by atoms with Gasteiger partial charge in [0, 0.05) is 11.1 Å². The molecule has 0 radical (unpaired) electrons. The molecule has 3 nitrogen and oxygen atoms in total. The summed E-state index contributed by atoms with van der Waals surface area (Å²) in [5.41, 5.74) is 4.72. The van der Waals surface area contributed by atoms with Gasteiger partial charge in [-0.05, 0) is 46.2 Å². The molecule has 0 atom stereocenters. The van der Waals surface area contributed by atoms with Gasteiger partial charge < -0.3 is 4.57 Å². The first-order valence-electron chi connectivity index (χ1n) is 9.79. The van der Waals surface area contributed by atoms with Crippen LogP contribution >= 0.6 is 0 Å². The lowest BCUT2D eigenvalue weighted by Gasteiger charge is -2.17. The Morgan fingerprint density at radius 1 is 0.931 bits per heavy atom. The van der Waals surface area contributed by atoms with Crippen molar-refractivity contribution in [2.45, 2.75) is 26.3 Å². The van der Waals surface area contributed by atoms with E-state index in [2.05, 4.69) is 26.0 Å². The van der Waals surface area contributed by atoms with Crippen LogP contribution < -0.4 is 5.56 Å². The Morgan fingerprint density at radius 2 is 1.62 bits per heavy atom. The van der Waals surface area contributed by atoms with Crippen molar-refractivity contribution in [3.05, 3.63) is 106 Å². The minimum absolute atomic E-state index is 0.0469. The molecule has 0 bridgehead atoms. The first kappa shape index (κ1) is 18.7. The summed E-state index contributed by atoms with van der Waals surface area (Å²) >= 11 is 0. The molecule has 1 aromatic heterocycles. The molecule has 0 saturated carbocycles. The van der Waals surface area contributed by atoms with Gasteiger partial charge in [-0.15, -0.1) is 0 Å². The van der Waals surface area contributed by atoms with Crippen molar-refractivity contribution >= 4 is 10.8 Å². The molecule has 4 rings (SSSR count). The van der Waals surface area contributed by atoms with E-state index in [1.807, 2.05) is 77.4 Å². The smallest absolute Gasteiger partial charge is 0.258 e. The largest absolute Gasteiger partial charge is 0.307 e. The quantitative estimate of drug-likeness (QED) is 0.456. The first-order valence-corrected chi connectivity index (χ1v) is 9.79. The summed E-state index contributed by atoms with van der Waals surface area (Å²) in [6.45, 7) is 4.75. The number of hydrogen-bond donors (Lipinski definition) is 0. The van der Waals surface area contributed by atoms with Crippen molar-refractivity contribution in [3.63, 3.8) is 0 Å². The van der Waals surface area contributed by atoms with E-state index >= 15 is 0 Å². The van der Waals surface area contributed by atoms with Crippen molar-refractivity contribution in [1.29, 1.82) is 5.26 Å². The Bertz CT molecular complexity index is 1270. The van der Waals surface area contributed by atoms with Gasteiger partial charge in [0.1, 0.15) is 0 Å². The van der Waals surface area contributed by atoms with Crippen LogP contribution in [0.5, 0.6) is 0 Å². The molecule has 0 aliphatic carbocycles. The highest BCUT2D eigenvalue weighted by atomic mass is 16.1. The van der Waals surface area contributed by atoms with Crippen LogP contribution in [0.2, 0.25) is 0 Å². The average molecular weight is 378 g/mol. The Morgan fingerprint density at radius 3 is 2.34 bits per heavy atom. The number of benzene rings is 3. The lowest BCUT2D eigenvalue weighted by Crippen LogP contribution is -2.25. The zero-order chi connectivity index (χ0) is 20.4. The van der Waals surface area contributed by atoms with E-state index in [0.29, 0.717) is 12.1 Å². The number of rotatable bonds is 4. The van der Waals surface area contributed by atoms with Crippen molar-refractivity contribution in [2.24, 2.45) is 0 Å². The lowest BCUT2D eigenvalue weighted by atomic mass is 9.99. The normalized spacial score (nSPS) is 11.0. The van der Waals surface area contributed by atoms with Gasteiger partial charge in [0.15, 0.2) is 0 Å². The second kappa shape index (κ2) is 7.77. The first-order chi connectivity index (χ1) is 14.1. The fourth-order valence-electron chi connectivity index (χ4n) is 3.76. The minimum Gasteiger partial charge on any atom is -0.307 e. The molecule has 142 valence electrons. The Labute approximate surface area is 170 Å². The SMILES string of the molecule is CC(C)c1cc2ccccc2c(=O)n1Cc1ccc(-c2ccccc2C#N)cc1. The maximum Gasteiger partial charge on any atom is 0.258 e. The topological polar surface area (TPSA) is 45.8 Å². The summed E-state index contributed by atoms with van der Waals surface area (Å²) in [6.07, 6.45) is 0. The number of fused-ring (bicyclic) bond motifs is 1. The highest BCUT2D eigenvalue weighted by Crippen LogP contribution is 2.24. The number of hydrogen-bond acceptors (Lipinski definition) is 2. The highest BCUT2D eigenvalue weighted by Gasteiger charge is 2.12. The summed E-state index contributed by atoms with van der Waals surface area (Å²) in [4.78, 5) is 13.2. The van der Waals surface area contributed by atoms with Crippen LogP contribution in [0.15, 0.2) is 83.7 Å². The zero-order valence-electron chi connectivity index (χ0n) is 16.6. The van der Waals surface area contributed by atoms with E-state index in [-0.39, 0.29) is 11.5 Å². The summed E-state index contributed by atoms with van der Waals surface area (Å²) < 4.78 is 1.88. The Balaban J connectivity index is 1.74. The second-order valence-electron chi connectivity index (χ2n) is 7.56. The molecule has 0 aliphatic heterocycles. The third-order valence-corrected chi connectivity index (χ3v) is 5.30. The van der Waals surface area contributed by atoms with Crippen LogP contribution in [-0.4, -0.2) is 4.57 Å². The predicted molar refractivity (Wildman–Crippen MR) is 118 cm³/mol. The molecule has 0 aliphatic rings. The van der Waals surface area contributed by atoms with Crippen LogP contribution in [0.25, 0.3) is 21.9 Å². The Kier molecular flexibility index (Phi) is 5.01. The maximum absolute atomic E-state index is 13.2. The van der Waals surface area contributed by atoms with E-state index in [9.17, 15) is 10.1 Å². The molecule has 0 saturated heterocycles. The molecule has 0 amide bonds. The highest BCUT2D eigenvalue weighted by molar-refractivity contribution is 5.82. The number of nitrogens with zero attached hydrogens (tertiary/aromatic N) is 2. The minimum atomic E-state index is 0.0469.